The molecule has 0 atom stereocenters. The highest BCUT2D eigenvalue weighted by atomic mass is 32.2. The molecule has 2 fully saturated rings. The number of nitrogens with zero attached hydrogens (tertiary/aromatic N) is 6. The average Bonchev–Trinajstić information content (AvgIpc) is 4.00. The van der Waals surface area contributed by atoms with E-state index in [0.717, 1.165) is 63.4 Å². The minimum absolute atomic E-state index is 0.0634. The van der Waals surface area contributed by atoms with Gasteiger partial charge in [-0.3, -0.25) is 9.59 Å². The van der Waals surface area contributed by atoms with Gasteiger partial charge in [0, 0.05) is 72.0 Å². The summed E-state index contributed by atoms with van der Waals surface area (Å²) in [5.41, 5.74) is 6.65. The van der Waals surface area contributed by atoms with Crippen LogP contribution in [0.1, 0.15) is 82.1 Å². The van der Waals surface area contributed by atoms with Crippen LogP contribution in [0.2, 0.25) is 0 Å². The largest absolute Gasteiger partial charge is 0.310 e. The smallest absolute Gasteiger partial charge is 0.237 e. The number of carbonyl (C=O) groups is 2. The summed E-state index contributed by atoms with van der Waals surface area (Å²) in [6.45, 7) is 9.77. The van der Waals surface area contributed by atoms with Gasteiger partial charge in [-0.05, 0) is 94.7 Å². The first-order valence-corrected chi connectivity index (χ1v) is 18.9. The third-order valence-corrected chi connectivity index (χ3v) is 11.0. The Balaban J connectivity index is 0.000000154. The Kier molecular flexibility index (Phi) is 7.97. The number of amides is 2. The van der Waals surface area contributed by atoms with E-state index in [2.05, 4.69) is 38.1 Å². The molecule has 2 saturated carbocycles. The molecule has 4 aromatic rings. The Morgan fingerprint density at radius 2 is 1.22 bits per heavy atom. The van der Waals surface area contributed by atoms with E-state index in [1.807, 2.05) is 70.1 Å². The molecule has 2 aromatic carbocycles. The molecule has 0 radical (unpaired) electrons. The van der Waals surface area contributed by atoms with Crippen molar-refractivity contribution in [3.63, 3.8) is 0 Å². The number of rotatable bonds is 7. The predicted octanol–water partition coefficient (Wildman–Crippen LogP) is 5.93. The van der Waals surface area contributed by atoms with Crippen LogP contribution in [0.25, 0.3) is 22.3 Å². The van der Waals surface area contributed by atoms with E-state index in [4.69, 9.17) is 0 Å². The third-order valence-electron chi connectivity index (χ3n) is 10.1. The Labute approximate surface area is 288 Å². The second kappa shape index (κ2) is 11.8. The standard InChI is InChI=1S/C20H21N3O.C18H21N3O3S/c1-20(2)16-8-5-13(9-17(16)23(19(20)24)15-6-7-15)14-10-21-18(22-11-14)12-3-4-12;1-12-19-10-14(11-20-12)13-5-6-15-16(9-13)21(7-8-25(4,23)24)17(22)18(15,2)3/h5,8-12,15H,3-4,6-7H2,1-2H3;5-6,9-11H,7-8H2,1-4H3. The first-order valence-electron chi connectivity index (χ1n) is 16.9. The zero-order chi connectivity index (χ0) is 34.9. The summed E-state index contributed by atoms with van der Waals surface area (Å²) in [6, 6.07) is 12.5. The van der Waals surface area contributed by atoms with Gasteiger partial charge < -0.3 is 9.80 Å². The SMILES string of the molecule is CC1(C)C(=O)N(C2CC2)c2cc(-c3cnc(C4CC4)nc3)ccc21.Cc1ncc(-c2ccc3c(c2)N(CCS(C)(=O)=O)C(=O)C3(C)C)cn1. The van der Waals surface area contributed by atoms with Crippen molar-refractivity contribution < 1.29 is 18.0 Å². The number of sulfone groups is 1. The van der Waals surface area contributed by atoms with Gasteiger partial charge in [-0.2, -0.15) is 0 Å². The maximum atomic E-state index is 12.8. The van der Waals surface area contributed by atoms with Crippen LogP contribution in [0.4, 0.5) is 11.4 Å². The van der Waals surface area contributed by atoms with Crippen molar-refractivity contribution in [3.8, 4) is 22.3 Å². The number of hydrogen-bond donors (Lipinski definition) is 0. The highest BCUT2D eigenvalue weighted by Crippen LogP contribution is 2.48. The molecule has 2 aliphatic carbocycles. The van der Waals surface area contributed by atoms with Crippen LogP contribution in [0.15, 0.2) is 61.2 Å². The predicted molar refractivity (Wildman–Crippen MR) is 190 cm³/mol. The maximum Gasteiger partial charge on any atom is 0.237 e. The molecule has 4 heterocycles. The quantitative estimate of drug-likeness (QED) is 0.236. The van der Waals surface area contributed by atoms with Crippen molar-refractivity contribution in [1.29, 1.82) is 0 Å². The van der Waals surface area contributed by atoms with E-state index in [9.17, 15) is 18.0 Å². The number of benzene rings is 2. The molecule has 0 N–H and O–H groups in total. The lowest BCUT2D eigenvalue weighted by Gasteiger charge is -2.20. The fourth-order valence-corrected chi connectivity index (χ4v) is 7.26. The molecule has 2 aromatic heterocycles. The lowest BCUT2D eigenvalue weighted by molar-refractivity contribution is -0.122. The number of anilines is 2. The van der Waals surface area contributed by atoms with Gasteiger partial charge in [-0.1, -0.05) is 24.3 Å². The van der Waals surface area contributed by atoms with Gasteiger partial charge >= 0.3 is 0 Å². The van der Waals surface area contributed by atoms with E-state index in [-0.39, 0.29) is 24.1 Å². The van der Waals surface area contributed by atoms with Gasteiger partial charge in [-0.25, -0.2) is 28.4 Å². The van der Waals surface area contributed by atoms with Gasteiger partial charge in [0.25, 0.3) is 0 Å². The Morgan fingerprint density at radius 3 is 1.76 bits per heavy atom. The van der Waals surface area contributed by atoms with Crippen LogP contribution in [-0.2, 0) is 30.3 Å². The van der Waals surface area contributed by atoms with Crippen LogP contribution in [0, 0.1) is 6.92 Å². The van der Waals surface area contributed by atoms with Crippen LogP contribution in [0.3, 0.4) is 0 Å². The molecular weight excluding hydrogens is 637 g/mol. The highest BCUT2D eigenvalue weighted by Gasteiger charge is 2.49. The van der Waals surface area contributed by atoms with Gasteiger partial charge in [-0.15, -0.1) is 0 Å². The Hall–Kier alpha value is -4.51. The zero-order valence-corrected chi connectivity index (χ0v) is 29.7. The van der Waals surface area contributed by atoms with Gasteiger partial charge in [0.1, 0.15) is 21.5 Å². The molecule has 2 amide bonds. The summed E-state index contributed by atoms with van der Waals surface area (Å²) in [7, 11) is -3.16. The minimum atomic E-state index is -3.16. The summed E-state index contributed by atoms with van der Waals surface area (Å²) in [5, 5.41) is 0. The lowest BCUT2D eigenvalue weighted by Crippen LogP contribution is -2.38. The zero-order valence-electron chi connectivity index (χ0n) is 28.9. The Bertz CT molecular complexity index is 2070. The fraction of sp³-hybridized carbons (Fsp3) is 0.421. The van der Waals surface area contributed by atoms with Crippen molar-refractivity contribution in [2.75, 3.05) is 28.4 Å². The van der Waals surface area contributed by atoms with E-state index in [1.165, 1.54) is 19.1 Å². The summed E-state index contributed by atoms with van der Waals surface area (Å²) >= 11 is 0. The number of carbonyl (C=O) groups excluding carboxylic acids is 2. The highest BCUT2D eigenvalue weighted by molar-refractivity contribution is 7.90. The van der Waals surface area contributed by atoms with Crippen molar-refractivity contribution in [1.82, 2.24) is 19.9 Å². The Morgan fingerprint density at radius 1 is 0.714 bits per heavy atom. The number of hydrogen-bond acceptors (Lipinski definition) is 8. The van der Waals surface area contributed by atoms with Crippen LogP contribution in [0.5, 0.6) is 0 Å². The fourth-order valence-electron chi connectivity index (χ4n) is 6.75. The second-order valence-corrected chi connectivity index (χ2v) is 17.1. The molecule has 0 spiro atoms. The number of fused-ring (bicyclic) bond motifs is 2. The van der Waals surface area contributed by atoms with Crippen molar-refractivity contribution >= 4 is 33.0 Å². The topological polar surface area (TPSA) is 126 Å². The van der Waals surface area contributed by atoms with Gasteiger partial charge in [0.2, 0.25) is 11.8 Å². The lowest BCUT2D eigenvalue weighted by atomic mass is 9.85. The molecule has 0 unspecified atom stereocenters. The molecule has 11 heteroatoms. The molecule has 0 bridgehead atoms. The van der Waals surface area contributed by atoms with Crippen LogP contribution < -0.4 is 9.80 Å². The summed E-state index contributed by atoms with van der Waals surface area (Å²) in [5.74, 6) is 2.32. The van der Waals surface area contributed by atoms with Crippen LogP contribution in [-0.4, -0.2) is 64.8 Å². The number of aromatic nitrogens is 4. The molecule has 8 rings (SSSR count). The molecule has 49 heavy (non-hydrogen) atoms. The average molecular weight is 679 g/mol. The third kappa shape index (κ3) is 6.24. The van der Waals surface area contributed by atoms with Crippen molar-refractivity contribution in [2.45, 2.75) is 83.1 Å². The maximum absolute atomic E-state index is 12.8. The molecular formula is C38H42N6O4S. The van der Waals surface area contributed by atoms with Crippen LogP contribution >= 0.6 is 0 Å². The van der Waals surface area contributed by atoms with Gasteiger partial charge in [0.15, 0.2) is 0 Å². The monoisotopic (exact) mass is 678 g/mol. The number of aryl methyl sites for hydroxylation is 1. The first-order chi connectivity index (χ1) is 23.1. The van der Waals surface area contributed by atoms with Crippen molar-refractivity contribution in [3.05, 3.63) is 84.0 Å². The van der Waals surface area contributed by atoms with E-state index < -0.39 is 20.7 Å². The second-order valence-electron chi connectivity index (χ2n) is 14.8. The minimum Gasteiger partial charge on any atom is -0.310 e. The molecule has 254 valence electrons. The summed E-state index contributed by atoms with van der Waals surface area (Å²) in [6.07, 6.45) is 13.2. The van der Waals surface area contributed by atoms with E-state index >= 15 is 0 Å². The van der Waals surface area contributed by atoms with E-state index in [0.29, 0.717) is 17.8 Å². The summed E-state index contributed by atoms with van der Waals surface area (Å²) < 4.78 is 23.1. The summed E-state index contributed by atoms with van der Waals surface area (Å²) in [4.78, 5) is 46.7. The molecule has 0 saturated heterocycles. The van der Waals surface area contributed by atoms with Crippen molar-refractivity contribution in [2.24, 2.45) is 0 Å². The molecule has 10 nitrogen and oxygen atoms in total. The molecule has 2 aliphatic heterocycles. The normalized spacial score (nSPS) is 19.0. The first kappa shape index (κ1) is 33.0. The van der Waals surface area contributed by atoms with E-state index in [1.54, 1.807) is 17.3 Å². The molecule has 4 aliphatic rings. The van der Waals surface area contributed by atoms with Gasteiger partial charge in [0.05, 0.1) is 16.6 Å².